The van der Waals surface area contributed by atoms with E-state index in [0.29, 0.717) is 13.1 Å². The molecule has 0 spiro atoms. The van der Waals surface area contributed by atoms with Crippen molar-refractivity contribution in [2.45, 2.75) is 45.3 Å². The van der Waals surface area contributed by atoms with Crippen molar-refractivity contribution in [2.75, 3.05) is 24.2 Å². The standard InChI is InChI=1S/C15H24N6OS/c1-4-6-17-13-12-10-18-21(8-7-16-11(3)22)14(12)20-15(19-13)23-9-5-2/h10H,4-9H2,1-3H3,(H,16,22)(H,17,19,20). The first kappa shape index (κ1) is 17.5. The van der Waals surface area contributed by atoms with Gasteiger partial charge in [-0.15, -0.1) is 0 Å². The van der Waals surface area contributed by atoms with Gasteiger partial charge in [0.25, 0.3) is 0 Å². The lowest BCUT2D eigenvalue weighted by molar-refractivity contribution is -0.118. The minimum Gasteiger partial charge on any atom is -0.369 e. The molecule has 2 rings (SSSR count). The van der Waals surface area contributed by atoms with Crippen LogP contribution in [0.5, 0.6) is 0 Å². The maximum absolute atomic E-state index is 11.0. The van der Waals surface area contributed by atoms with Crippen molar-refractivity contribution >= 4 is 34.5 Å². The summed E-state index contributed by atoms with van der Waals surface area (Å²) in [5.74, 6) is 1.78. The number of aromatic nitrogens is 4. The van der Waals surface area contributed by atoms with E-state index < -0.39 is 0 Å². The minimum atomic E-state index is -0.0411. The first-order valence-corrected chi connectivity index (χ1v) is 8.98. The van der Waals surface area contributed by atoms with Gasteiger partial charge in [0.1, 0.15) is 5.82 Å². The fourth-order valence-corrected chi connectivity index (χ4v) is 2.77. The van der Waals surface area contributed by atoms with Crippen molar-refractivity contribution in [3.05, 3.63) is 6.20 Å². The highest BCUT2D eigenvalue weighted by Gasteiger charge is 2.13. The van der Waals surface area contributed by atoms with Gasteiger partial charge in [-0.3, -0.25) is 4.79 Å². The number of fused-ring (bicyclic) bond motifs is 1. The monoisotopic (exact) mass is 336 g/mol. The highest BCUT2D eigenvalue weighted by Crippen LogP contribution is 2.24. The number of hydrogen-bond acceptors (Lipinski definition) is 6. The average Bonchev–Trinajstić information content (AvgIpc) is 2.93. The van der Waals surface area contributed by atoms with Gasteiger partial charge in [-0.05, 0) is 12.8 Å². The third kappa shape index (κ3) is 4.82. The number of thioether (sulfide) groups is 1. The summed E-state index contributed by atoms with van der Waals surface area (Å²) in [7, 11) is 0. The molecule has 0 fully saturated rings. The predicted molar refractivity (Wildman–Crippen MR) is 93.8 cm³/mol. The lowest BCUT2D eigenvalue weighted by atomic mass is 10.3. The Hall–Kier alpha value is -1.83. The van der Waals surface area contributed by atoms with Crippen LogP contribution in [0.1, 0.15) is 33.6 Å². The van der Waals surface area contributed by atoms with E-state index in [9.17, 15) is 4.79 Å². The number of hydrogen-bond donors (Lipinski definition) is 2. The minimum absolute atomic E-state index is 0.0411. The van der Waals surface area contributed by atoms with Gasteiger partial charge in [-0.1, -0.05) is 25.6 Å². The molecule has 0 saturated heterocycles. The van der Waals surface area contributed by atoms with Crippen molar-refractivity contribution < 1.29 is 4.79 Å². The number of amides is 1. The average molecular weight is 336 g/mol. The van der Waals surface area contributed by atoms with Gasteiger partial charge in [0.2, 0.25) is 5.91 Å². The molecule has 1 amide bonds. The van der Waals surface area contributed by atoms with Crippen molar-refractivity contribution in [3.63, 3.8) is 0 Å². The third-order valence-corrected chi connectivity index (χ3v) is 4.20. The van der Waals surface area contributed by atoms with E-state index in [1.165, 1.54) is 6.92 Å². The molecule has 8 heteroatoms. The topological polar surface area (TPSA) is 84.7 Å². The predicted octanol–water partition coefficient (Wildman–Crippen LogP) is 2.29. The lowest BCUT2D eigenvalue weighted by Gasteiger charge is -2.09. The van der Waals surface area contributed by atoms with E-state index in [0.717, 1.165) is 47.1 Å². The Morgan fingerprint density at radius 1 is 1.26 bits per heavy atom. The summed E-state index contributed by atoms with van der Waals surface area (Å²) in [6.07, 6.45) is 3.89. The lowest BCUT2D eigenvalue weighted by Crippen LogP contribution is -2.24. The maximum Gasteiger partial charge on any atom is 0.216 e. The molecule has 0 aliphatic heterocycles. The molecule has 0 saturated carbocycles. The molecule has 0 unspecified atom stereocenters. The van der Waals surface area contributed by atoms with E-state index >= 15 is 0 Å². The van der Waals surface area contributed by atoms with Gasteiger partial charge in [0.15, 0.2) is 10.8 Å². The number of rotatable bonds is 9. The van der Waals surface area contributed by atoms with Crippen LogP contribution in [0.25, 0.3) is 11.0 Å². The highest BCUT2D eigenvalue weighted by molar-refractivity contribution is 7.99. The first-order chi connectivity index (χ1) is 11.2. The van der Waals surface area contributed by atoms with Crippen molar-refractivity contribution in [1.82, 2.24) is 25.1 Å². The Kier molecular flexibility index (Phi) is 6.64. The van der Waals surface area contributed by atoms with Gasteiger partial charge in [0, 0.05) is 25.8 Å². The fourth-order valence-electron chi connectivity index (χ4n) is 2.07. The zero-order valence-corrected chi connectivity index (χ0v) is 14.7. The van der Waals surface area contributed by atoms with Gasteiger partial charge < -0.3 is 10.6 Å². The van der Waals surface area contributed by atoms with E-state index in [1.54, 1.807) is 18.0 Å². The molecule has 0 bridgehead atoms. The zero-order valence-electron chi connectivity index (χ0n) is 13.9. The van der Waals surface area contributed by atoms with Crippen molar-refractivity contribution in [3.8, 4) is 0 Å². The second kappa shape index (κ2) is 8.71. The maximum atomic E-state index is 11.0. The summed E-state index contributed by atoms with van der Waals surface area (Å²) in [4.78, 5) is 20.3. The molecule has 0 aliphatic carbocycles. The van der Waals surface area contributed by atoms with E-state index in [-0.39, 0.29) is 5.91 Å². The van der Waals surface area contributed by atoms with Crippen LogP contribution in [0.3, 0.4) is 0 Å². The summed E-state index contributed by atoms with van der Waals surface area (Å²) in [5, 5.41) is 12.2. The van der Waals surface area contributed by atoms with Crippen LogP contribution < -0.4 is 10.6 Å². The molecule has 7 nitrogen and oxygen atoms in total. The normalized spacial score (nSPS) is 10.9. The van der Waals surface area contributed by atoms with Gasteiger partial charge in [-0.25, -0.2) is 14.6 Å². The first-order valence-electron chi connectivity index (χ1n) is 8.00. The molecule has 2 aromatic rings. The molecule has 2 heterocycles. The second-order valence-electron chi connectivity index (χ2n) is 5.22. The molecule has 0 aromatic carbocycles. The quantitative estimate of drug-likeness (QED) is 0.540. The fraction of sp³-hybridized carbons (Fsp3) is 0.600. The Bertz CT molecular complexity index is 657. The number of carbonyl (C=O) groups excluding carboxylic acids is 1. The third-order valence-electron chi connectivity index (χ3n) is 3.15. The van der Waals surface area contributed by atoms with Crippen molar-refractivity contribution in [1.29, 1.82) is 0 Å². The van der Waals surface area contributed by atoms with Crippen LogP contribution in [0.15, 0.2) is 11.4 Å². The van der Waals surface area contributed by atoms with Crippen LogP contribution in [-0.4, -0.2) is 44.5 Å². The van der Waals surface area contributed by atoms with E-state index in [2.05, 4.69) is 39.5 Å². The molecule has 126 valence electrons. The van der Waals surface area contributed by atoms with E-state index in [4.69, 9.17) is 0 Å². The van der Waals surface area contributed by atoms with Gasteiger partial charge in [0.05, 0.1) is 18.1 Å². The molecule has 0 radical (unpaired) electrons. The van der Waals surface area contributed by atoms with Crippen LogP contribution in [0.4, 0.5) is 5.82 Å². The largest absolute Gasteiger partial charge is 0.369 e. The number of carbonyl (C=O) groups is 1. The number of nitrogens with one attached hydrogen (secondary N) is 2. The molecule has 2 N–H and O–H groups in total. The Balaban J connectivity index is 2.28. The SMILES string of the molecule is CCCNc1nc(SCCC)nc2c1cnn2CCNC(C)=O. The molecule has 23 heavy (non-hydrogen) atoms. The molecule has 0 atom stereocenters. The van der Waals surface area contributed by atoms with Crippen LogP contribution in [0, 0.1) is 0 Å². The number of anilines is 1. The zero-order chi connectivity index (χ0) is 16.7. The summed E-state index contributed by atoms with van der Waals surface area (Å²) in [6.45, 7) is 7.75. The molecular formula is C15H24N6OS. The number of nitrogens with zero attached hydrogens (tertiary/aromatic N) is 4. The van der Waals surface area contributed by atoms with Gasteiger partial charge >= 0.3 is 0 Å². The summed E-state index contributed by atoms with van der Waals surface area (Å²) in [5.41, 5.74) is 0.808. The van der Waals surface area contributed by atoms with Crippen LogP contribution >= 0.6 is 11.8 Å². The van der Waals surface area contributed by atoms with Crippen LogP contribution in [-0.2, 0) is 11.3 Å². The molecular weight excluding hydrogens is 312 g/mol. The van der Waals surface area contributed by atoms with Crippen molar-refractivity contribution in [2.24, 2.45) is 0 Å². The summed E-state index contributed by atoms with van der Waals surface area (Å²) in [6, 6.07) is 0. The Labute approximate surface area is 140 Å². The smallest absolute Gasteiger partial charge is 0.216 e. The highest BCUT2D eigenvalue weighted by atomic mass is 32.2. The van der Waals surface area contributed by atoms with Gasteiger partial charge in [-0.2, -0.15) is 5.10 Å². The Morgan fingerprint density at radius 2 is 2.09 bits per heavy atom. The Morgan fingerprint density at radius 3 is 2.78 bits per heavy atom. The van der Waals surface area contributed by atoms with E-state index in [1.807, 2.05) is 4.68 Å². The van der Waals surface area contributed by atoms with Crippen LogP contribution in [0.2, 0.25) is 0 Å². The molecule has 0 aliphatic rings. The summed E-state index contributed by atoms with van der Waals surface area (Å²) >= 11 is 1.65. The second-order valence-corrected chi connectivity index (χ2v) is 6.28. The molecule has 2 aromatic heterocycles. The summed E-state index contributed by atoms with van der Waals surface area (Å²) < 4.78 is 1.82.